The molecular formula is C19H22N2O. The van der Waals surface area contributed by atoms with Crippen molar-refractivity contribution in [3.8, 4) is 11.4 Å². The minimum atomic E-state index is 0.773. The van der Waals surface area contributed by atoms with E-state index in [1.807, 2.05) is 13.0 Å². The smallest absolute Gasteiger partial charge is 0.141 e. The van der Waals surface area contributed by atoms with Gasteiger partial charge in [0.05, 0.1) is 11.0 Å². The van der Waals surface area contributed by atoms with Crippen LogP contribution < -0.4 is 0 Å². The Bertz CT molecular complexity index is 744. The lowest BCUT2D eigenvalue weighted by atomic mass is 10.1. The molecule has 0 bridgehead atoms. The molecule has 0 aliphatic heterocycles. The van der Waals surface area contributed by atoms with Crippen molar-refractivity contribution in [1.29, 1.82) is 0 Å². The van der Waals surface area contributed by atoms with Gasteiger partial charge in [0, 0.05) is 25.3 Å². The molecule has 1 heterocycles. The van der Waals surface area contributed by atoms with Crippen LogP contribution in [0, 0.1) is 6.92 Å². The van der Waals surface area contributed by atoms with Gasteiger partial charge in [-0.2, -0.15) is 0 Å². The second-order valence-corrected chi connectivity index (χ2v) is 5.49. The first-order valence-electron chi connectivity index (χ1n) is 7.89. The first-order chi connectivity index (χ1) is 10.8. The fourth-order valence-corrected chi connectivity index (χ4v) is 2.69. The number of nitrogens with zero attached hydrogens (tertiary/aromatic N) is 2. The van der Waals surface area contributed by atoms with Gasteiger partial charge in [-0.05, 0) is 32.4 Å². The van der Waals surface area contributed by atoms with E-state index in [1.165, 1.54) is 16.6 Å². The van der Waals surface area contributed by atoms with Crippen molar-refractivity contribution in [2.45, 2.75) is 26.8 Å². The molecule has 1 aromatic heterocycles. The Morgan fingerprint density at radius 3 is 2.59 bits per heavy atom. The maximum atomic E-state index is 5.47. The lowest BCUT2D eigenvalue weighted by molar-refractivity contribution is 0.142. The fourth-order valence-electron chi connectivity index (χ4n) is 2.69. The molecule has 0 fully saturated rings. The van der Waals surface area contributed by atoms with Gasteiger partial charge >= 0.3 is 0 Å². The number of rotatable bonds is 6. The summed E-state index contributed by atoms with van der Waals surface area (Å²) in [6.45, 7) is 6.62. The molecule has 114 valence electrons. The Hall–Kier alpha value is -2.13. The Morgan fingerprint density at radius 2 is 1.82 bits per heavy atom. The van der Waals surface area contributed by atoms with Crippen molar-refractivity contribution in [2.24, 2.45) is 0 Å². The third-order valence-corrected chi connectivity index (χ3v) is 3.84. The highest BCUT2D eigenvalue weighted by atomic mass is 16.5. The summed E-state index contributed by atoms with van der Waals surface area (Å²) in [4.78, 5) is 4.83. The number of fused-ring (bicyclic) bond motifs is 1. The van der Waals surface area contributed by atoms with E-state index in [4.69, 9.17) is 9.72 Å². The van der Waals surface area contributed by atoms with Gasteiger partial charge in [-0.3, -0.25) is 0 Å². The molecule has 3 nitrogen and oxygen atoms in total. The molecule has 0 saturated heterocycles. The van der Waals surface area contributed by atoms with Crippen LogP contribution in [0.3, 0.4) is 0 Å². The first kappa shape index (κ1) is 14.8. The lowest BCUT2D eigenvalue weighted by Crippen LogP contribution is -2.04. The van der Waals surface area contributed by atoms with Crippen LogP contribution in [-0.4, -0.2) is 22.8 Å². The molecule has 2 aromatic carbocycles. The summed E-state index contributed by atoms with van der Waals surface area (Å²) in [5, 5.41) is 0. The minimum Gasteiger partial charge on any atom is -0.382 e. The normalized spacial score (nSPS) is 11.2. The number of hydrogen-bond donors (Lipinski definition) is 0. The summed E-state index contributed by atoms with van der Waals surface area (Å²) in [6, 6.07) is 16.9. The highest BCUT2D eigenvalue weighted by Gasteiger charge is 2.11. The zero-order valence-corrected chi connectivity index (χ0v) is 13.2. The molecule has 3 aromatic rings. The van der Waals surface area contributed by atoms with Crippen molar-refractivity contribution in [3.05, 3.63) is 54.1 Å². The average molecular weight is 294 g/mol. The predicted octanol–water partition coefficient (Wildman–Crippen LogP) is 4.44. The Kier molecular flexibility index (Phi) is 4.54. The second-order valence-electron chi connectivity index (χ2n) is 5.49. The summed E-state index contributed by atoms with van der Waals surface area (Å²) in [7, 11) is 0. The maximum absolute atomic E-state index is 5.47. The summed E-state index contributed by atoms with van der Waals surface area (Å²) in [6.07, 6.45) is 0.993. The molecule has 3 rings (SSSR count). The van der Waals surface area contributed by atoms with Crippen LogP contribution in [-0.2, 0) is 11.3 Å². The Morgan fingerprint density at radius 1 is 1.05 bits per heavy atom. The maximum Gasteiger partial charge on any atom is 0.141 e. The quantitative estimate of drug-likeness (QED) is 0.628. The monoisotopic (exact) mass is 294 g/mol. The van der Waals surface area contributed by atoms with Crippen LogP contribution >= 0.6 is 0 Å². The van der Waals surface area contributed by atoms with Gasteiger partial charge in [0.1, 0.15) is 5.82 Å². The number of hydrogen-bond acceptors (Lipinski definition) is 2. The number of ether oxygens (including phenoxy) is 1. The summed E-state index contributed by atoms with van der Waals surface area (Å²) in [5.74, 6) is 1.04. The van der Waals surface area contributed by atoms with Crippen LogP contribution in [0.1, 0.15) is 18.9 Å². The molecule has 0 saturated carbocycles. The molecule has 22 heavy (non-hydrogen) atoms. The van der Waals surface area contributed by atoms with Gasteiger partial charge in [-0.15, -0.1) is 0 Å². The van der Waals surface area contributed by atoms with Crippen molar-refractivity contribution < 1.29 is 4.74 Å². The number of aromatic nitrogens is 2. The lowest BCUT2D eigenvalue weighted by Gasteiger charge is -2.09. The van der Waals surface area contributed by atoms with Gasteiger partial charge in [-0.1, -0.05) is 42.0 Å². The SMILES string of the molecule is CCOCCCn1c(-c2ccc(C)cc2)nc2ccccc21. The summed E-state index contributed by atoms with van der Waals surface area (Å²) >= 11 is 0. The molecule has 0 amide bonds. The highest BCUT2D eigenvalue weighted by molar-refractivity contribution is 5.80. The number of para-hydroxylation sites is 2. The number of aryl methyl sites for hydroxylation is 2. The van der Waals surface area contributed by atoms with Gasteiger partial charge in [0.25, 0.3) is 0 Å². The highest BCUT2D eigenvalue weighted by Crippen LogP contribution is 2.25. The van der Waals surface area contributed by atoms with Crippen molar-refractivity contribution >= 4 is 11.0 Å². The van der Waals surface area contributed by atoms with E-state index in [-0.39, 0.29) is 0 Å². The van der Waals surface area contributed by atoms with E-state index >= 15 is 0 Å². The van der Waals surface area contributed by atoms with Gasteiger partial charge in [-0.25, -0.2) is 4.98 Å². The van der Waals surface area contributed by atoms with Crippen LogP contribution in [0.15, 0.2) is 48.5 Å². The molecule has 0 atom stereocenters. The third-order valence-electron chi connectivity index (χ3n) is 3.84. The van der Waals surface area contributed by atoms with E-state index < -0.39 is 0 Å². The van der Waals surface area contributed by atoms with Crippen molar-refractivity contribution in [1.82, 2.24) is 9.55 Å². The molecule has 0 aliphatic rings. The predicted molar refractivity (Wildman–Crippen MR) is 91.0 cm³/mol. The Labute approximate surface area is 131 Å². The molecule has 0 unspecified atom stereocenters. The average Bonchev–Trinajstić information content (AvgIpc) is 2.91. The number of benzene rings is 2. The van der Waals surface area contributed by atoms with Crippen molar-refractivity contribution in [3.63, 3.8) is 0 Å². The largest absolute Gasteiger partial charge is 0.382 e. The molecule has 0 aliphatic carbocycles. The van der Waals surface area contributed by atoms with Crippen LogP contribution in [0.2, 0.25) is 0 Å². The Balaban J connectivity index is 1.98. The van der Waals surface area contributed by atoms with E-state index in [0.29, 0.717) is 0 Å². The van der Waals surface area contributed by atoms with Gasteiger partial charge < -0.3 is 9.30 Å². The summed E-state index contributed by atoms with van der Waals surface area (Å²) in [5.41, 5.74) is 4.67. The molecule has 0 radical (unpaired) electrons. The molecule has 0 spiro atoms. The van der Waals surface area contributed by atoms with E-state index in [9.17, 15) is 0 Å². The van der Waals surface area contributed by atoms with Gasteiger partial charge in [0.15, 0.2) is 0 Å². The van der Waals surface area contributed by atoms with E-state index in [0.717, 1.165) is 37.5 Å². The zero-order valence-electron chi connectivity index (χ0n) is 13.2. The van der Waals surface area contributed by atoms with E-state index in [2.05, 4.69) is 54.0 Å². The number of imidazole rings is 1. The summed E-state index contributed by atoms with van der Waals surface area (Å²) < 4.78 is 7.78. The first-order valence-corrected chi connectivity index (χ1v) is 7.89. The van der Waals surface area contributed by atoms with Crippen LogP contribution in [0.4, 0.5) is 0 Å². The van der Waals surface area contributed by atoms with Crippen LogP contribution in [0.5, 0.6) is 0 Å². The van der Waals surface area contributed by atoms with Crippen LogP contribution in [0.25, 0.3) is 22.4 Å². The zero-order chi connectivity index (χ0) is 15.4. The topological polar surface area (TPSA) is 27.1 Å². The molecular weight excluding hydrogens is 272 g/mol. The standard InChI is InChI=1S/C19H22N2O/c1-3-22-14-6-13-21-18-8-5-4-7-17(18)20-19(21)16-11-9-15(2)10-12-16/h4-5,7-12H,3,6,13-14H2,1-2H3. The second kappa shape index (κ2) is 6.75. The third kappa shape index (κ3) is 3.04. The fraction of sp³-hybridized carbons (Fsp3) is 0.316. The molecule has 0 N–H and O–H groups in total. The van der Waals surface area contributed by atoms with Gasteiger partial charge in [0.2, 0.25) is 0 Å². The minimum absolute atomic E-state index is 0.773. The van der Waals surface area contributed by atoms with Crippen molar-refractivity contribution in [2.75, 3.05) is 13.2 Å². The molecule has 3 heteroatoms. The van der Waals surface area contributed by atoms with E-state index in [1.54, 1.807) is 0 Å².